The topological polar surface area (TPSA) is 101 Å². The van der Waals surface area contributed by atoms with Crippen molar-refractivity contribution in [3.63, 3.8) is 0 Å². The zero-order chi connectivity index (χ0) is 31.6. The van der Waals surface area contributed by atoms with Gasteiger partial charge < -0.3 is 9.69 Å². The van der Waals surface area contributed by atoms with Crippen molar-refractivity contribution in [1.82, 2.24) is 19.9 Å². The summed E-state index contributed by atoms with van der Waals surface area (Å²) < 4.78 is 0. The first-order chi connectivity index (χ1) is 22.6. The minimum Gasteiger partial charge on any atom is -0.370 e. The molecule has 4 aromatic carbocycles. The molecule has 0 N–H and O–H groups in total. The fraction of sp³-hybridized carbons (Fsp3) is 0. The molecule has 1 aliphatic rings. The molecule has 3 heterocycles. The molecule has 0 unspecified atom stereocenters. The Morgan fingerprint density at radius 1 is 0.457 bits per heavy atom. The molecule has 6 aromatic rings. The first kappa shape index (κ1) is 27.8. The summed E-state index contributed by atoms with van der Waals surface area (Å²) in [6.07, 6.45) is 0. The third-order valence-electron chi connectivity index (χ3n) is 7.27. The Kier molecular flexibility index (Phi) is 6.98. The fourth-order valence-electron chi connectivity index (χ4n) is 5.18. The zero-order valence-corrected chi connectivity index (χ0v) is 23.9. The number of hydrogen-bond donors (Lipinski definition) is 0. The van der Waals surface area contributed by atoms with Crippen LogP contribution >= 0.6 is 0 Å². The largest absolute Gasteiger partial charge is 0.370 e. The van der Waals surface area contributed by atoms with E-state index in [2.05, 4.69) is 19.7 Å². The summed E-state index contributed by atoms with van der Waals surface area (Å²) in [7, 11) is 0. The van der Waals surface area contributed by atoms with E-state index in [1.807, 2.05) is 60.7 Å². The van der Waals surface area contributed by atoms with E-state index in [0.29, 0.717) is 22.5 Å². The van der Waals surface area contributed by atoms with Crippen molar-refractivity contribution in [3.8, 4) is 0 Å². The molecule has 10 heteroatoms. The van der Waals surface area contributed by atoms with Crippen LogP contribution in [0.3, 0.4) is 0 Å². The number of benzene rings is 4. The number of anilines is 6. The van der Waals surface area contributed by atoms with Crippen molar-refractivity contribution in [1.29, 1.82) is 0 Å². The molecular weight excluding hydrogens is 576 g/mol. The molecule has 1 aliphatic heterocycles. The second-order valence-electron chi connectivity index (χ2n) is 10.0. The number of fused-ring (bicyclic) bond motifs is 2. The highest BCUT2D eigenvalue weighted by atomic mass is 16.1. The van der Waals surface area contributed by atoms with E-state index in [4.69, 9.17) is 23.1 Å². The van der Waals surface area contributed by atoms with Crippen LogP contribution in [0, 0.1) is 13.1 Å². The average molecular weight is 597 g/mol. The maximum atomic E-state index is 14.1. The van der Waals surface area contributed by atoms with Gasteiger partial charge in [0.25, 0.3) is 11.6 Å². The van der Waals surface area contributed by atoms with Gasteiger partial charge in [-0.1, -0.05) is 110 Å². The van der Waals surface area contributed by atoms with Gasteiger partial charge in [-0.3, -0.25) is 19.4 Å². The molecule has 0 aliphatic carbocycles. The lowest BCUT2D eigenvalue weighted by molar-refractivity contribution is 0.0996. The zero-order valence-electron chi connectivity index (χ0n) is 23.9. The van der Waals surface area contributed by atoms with Crippen molar-refractivity contribution < 1.29 is 9.59 Å². The van der Waals surface area contributed by atoms with Gasteiger partial charge in [0.15, 0.2) is 11.6 Å². The van der Waals surface area contributed by atoms with Crippen LogP contribution in [0.1, 0.15) is 32.1 Å². The van der Waals surface area contributed by atoms with Crippen molar-refractivity contribution in [2.45, 2.75) is 0 Å². The van der Waals surface area contributed by atoms with E-state index in [-0.39, 0.29) is 46.3 Å². The summed E-state index contributed by atoms with van der Waals surface area (Å²) in [6, 6.07) is 35.4. The average Bonchev–Trinajstić information content (AvgIpc) is 3.13. The molecule has 0 bridgehead atoms. The van der Waals surface area contributed by atoms with Crippen LogP contribution in [-0.2, 0) is 0 Å². The highest BCUT2D eigenvalue weighted by Crippen LogP contribution is 2.52. The Morgan fingerprint density at radius 2 is 0.761 bits per heavy atom. The molecule has 2 aromatic heterocycles. The molecule has 0 atom stereocenters. The van der Waals surface area contributed by atoms with Crippen LogP contribution in [0.2, 0.25) is 0 Å². The van der Waals surface area contributed by atoms with Gasteiger partial charge in [0.1, 0.15) is 11.4 Å². The Hall–Kier alpha value is -7.04. The lowest BCUT2D eigenvalue weighted by Gasteiger charge is -2.34. The third-order valence-corrected chi connectivity index (χ3v) is 7.27. The van der Waals surface area contributed by atoms with Gasteiger partial charge in [0, 0.05) is 11.1 Å². The number of nitrogens with zero attached hydrogens (tertiary/aromatic N) is 8. The fourth-order valence-corrected chi connectivity index (χ4v) is 5.18. The van der Waals surface area contributed by atoms with Gasteiger partial charge in [-0.15, -0.1) is 9.97 Å². The molecule has 46 heavy (non-hydrogen) atoms. The number of rotatable bonds is 6. The van der Waals surface area contributed by atoms with Crippen molar-refractivity contribution in [2.75, 3.05) is 9.80 Å². The predicted octanol–water partition coefficient (Wildman–Crippen LogP) is 8.08. The van der Waals surface area contributed by atoms with Crippen LogP contribution in [0.15, 0.2) is 121 Å². The van der Waals surface area contributed by atoms with Crippen molar-refractivity contribution in [3.05, 3.63) is 167 Å². The van der Waals surface area contributed by atoms with E-state index in [1.54, 1.807) is 70.5 Å². The molecule has 0 radical (unpaired) electrons. The van der Waals surface area contributed by atoms with E-state index < -0.39 is 11.6 Å². The predicted molar refractivity (Wildman–Crippen MR) is 173 cm³/mol. The van der Waals surface area contributed by atoms with E-state index >= 15 is 0 Å². The Morgan fingerprint density at radius 3 is 1.09 bits per heavy atom. The number of ketones is 2. The van der Waals surface area contributed by atoms with E-state index in [9.17, 15) is 9.59 Å². The number of carbonyl (C=O) groups is 2. The Labute approximate surface area is 263 Å². The van der Waals surface area contributed by atoms with Crippen LogP contribution < -0.4 is 9.80 Å². The highest BCUT2D eigenvalue weighted by molar-refractivity contribution is 6.18. The molecule has 7 rings (SSSR count). The van der Waals surface area contributed by atoms with Crippen LogP contribution in [-0.4, -0.2) is 31.5 Å². The van der Waals surface area contributed by atoms with Crippen LogP contribution in [0.5, 0.6) is 0 Å². The third kappa shape index (κ3) is 4.69. The second-order valence-corrected chi connectivity index (χ2v) is 10.0. The quantitative estimate of drug-likeness (QED) is 0.140. The molecule has 0 spiro atoms. The molecule has 0 saturated carbocycles. The minimum atomic E-state index is -0.489. The maximum Gasteiger partial charge on any atom is 0.300 e. The van der Waals surface area contributed by atoms with Gasteiger partial charge in [-0.2, -0.15) is 0 Å². The molecule has 0 fully saturated rings. The van der Waals surface area contributed by atoms with Gasteiger partial charge >= 0.3 is 11.6 Å². The number of hydrogen-bond acceptors (Lipinski definition) is 8. The molecule has 0 saturated heterocycles. The smallest absolute Gasteiger partial charge is 0.300 e. The molecule has 10 nitrogen and oxygen atoms in total. The SMILES string of the molecule is [C-]#[N+]c1nc2c(nc1[N+]#[C-])N(c1ccccc1)c1nc(C(=O)c3ccccc3)c(C(=O)c3ccccc3)nc1N2c1ccccc1. The summed E-state index contributed by atoms with van der Waals surface area (Å²) in [5.74, 6) is -0.565. The van der Waals surface area contributed by atoms with Crippen LogP contribution in [0.25, 0.3) is 9.69 Å². The summed E-state index contributed by atoms with van der Waals surface area (Å²) in [5.41, 5.74) is 1.55. The summed E-state index contributed by atoms with van der Waals surface area (Å²) in [5, 5.41) is 0. The normalized spacial score (nSPS) is 11.5. The minimum absolute atomic E-state index is 0.146. The molecular formula is C36H20N8O2. The monoisotopic (exact) mass is 596 g/mol. The van der Waals surface area contributed by atoms with Crippen molar-refractivity contribution >= 4 is 57.8 Å². The van der Waals surface area contributed by atoms with Gasteiger partial charge in [-0.05, 0) is 24.3 Å². The van der Waals surface area contributed by atoms with Gasteiger partial charge in [0.05, 0.1) is 11.4 Å². The standard InChI is InChI=1S/C36H20N8O2/c1-37-31-32(38-2)42-36-35(41-31)43(25-19-11-5-12-20-25)33-34(44(36)26-21-13-6-14-22-26)40-28(30(46)24-17-9-4-10-18-24)27(39-33)29(45)23-15-7-3-8-16-23/h3-22H. The number of para-hydroxylation sites is 2. The highest BCUT2D eigenvalue weighted by Gasteiger charge is 2.43. The first-order valence-electron chi connectivity index (χ1n) is 14.1. The van der Waals surface area contributed by atoms with E-state index in [0.717, 1.165) is 0 Å². The second kappa shape index (κ2) is 11.6. The van der Waals surface area contributed by atoms with E-state index in [1.165, 1.54) is 0 Å². The summed E-state index contributed by atoms with van der Waals surface area (Å²) in [4.78, 5) is 57.5. The van der Waals surface area contributed by atoms with Crippen LogP contribution in [0.4, 0.5) is 46.3 Å². The molecule has 0 amide bonds. The van der Waals surface area contributed by atoms with Gasteiger partial charge in [-0.25, -0.2) is 9.97 Å². The van der Waals surface area contributed by atoms with Gasteiger partial charge in [0.2, 0.25) is 11.6 Å². The number of carbonyl (C=O) groups excluding carboxylic acids is 2. The van der Waals surface area contributed by atoms with Crippen molar-refractivity contribution in [2.24, 2.45) is 0 Å². The lowest BCUT2D eigenvalue weighted by Crippen LogP contribution is -2.30. The Balaban J connectivity index is 1.59. The lowest BCUT2D eigenvalue weighted by atomic mass is 10.0. The molecule has 216 valence electrons. The first-order valence-corrected chi connectivity index (χ1v) is 14.1. The summed E-state index contributed by atoms with van der Waals surface area (Å²) >= 11 is 0. The number of aromatic nitrogens is 4. The maximum absolute atomic E-state index is 14.1. The Bertz CT molecular complexity index is 2050. The summed E-state index contributed by atoms with van der Waals surface area (Å²) in [6.45, 7) is 15.4.